The molecule has 3 nitrogen and oxygen atoms in total. The van der Waals surface area contributed by atoms with E-state index in [0.717, 1.165) is 21.1 Å². The number of hydrogen-bond donors (Lipinski definition) is 1. The van der Waals surface area contributed by atoms with Crippen molar-refractivity contribution >= 4 is 11.3 Å². The van der Waals surface area contributed by atoms with Crippen molar-refractivity contribution in [3.05, 3.63) is 35.1 Å². The number of aliphatic hydroxyl groups is 1. The summed E-state index contributed by atoms with van der Waals surface area (Å²) in [5.41, 5.74) is 2.14. The van der Waals surface area contributed by atoms with Crippen molar-refractivity contribution < 1.29 is 5.11 Å². The summed E-state index contributed by atoms with van der Waals surface area (Å²) in [5.74, 6) is 0.587. The minimum atomic E-state index is 0.101. The van der Waals surface area contributed by atoms with Gasteiger partial charge in [0.15, 0.2) is 0 Å². The quantitative estimate of drug-likeness (QED) is 0.884. The van der Waals surface area contributed by atoms with Gasteiger partial charge in [-0.05, 0) is 25.0 Å². The van der Waals surface area contributed by atoms with Crippen molar-refractivity contribution in [2.45, 2.75) is 25.4 Å². The molecule has 1 N–H and O–H groups in total. The van der Waals surface area contributed by atoms with E-state index >= 15 is 0 Å². The van der Waals surface area contributed by atoms with E-state index < -0.39 is 0 Å². The number of thiazole rings is 1. The first-order valence-corrected chi connectivity index (χ1v) is 6.21. The maximum Gasteiger partial charge on any atom is 0.125 e. The molecule has 0 aliphatic heterocycles. The van der Waals surface area contributed by atoms with Crippen molar-refractivity contribution in [2.24, 2.45) is 0 Å². The summed E-state index contributed by atoms with van der Waals surface area (Å²) < 4.78 is 0. The van der Waals surface area contributed by atoms with Crippen LogP contribution in [0, 0.1) is 0 Å². The molecule has 1 aliphatic carbocycles. The normalized spacial score (nSPS) is 15.3. The summed E-state index contributed by atoms with van der Waals surface area (Å²) in [5, 5.41) is 10.3. The van der Waals surface area contributed by atoms with Crippen LogP contribution in [0.25, 0.3) is 10.6 Å². The molecule has 2 aromatic rings. The zero-order chi connectivity index (χ0) is 11.0. The van der Waals surface area contributed by atoms with Gasteiger partial charge in [0.05, 0.1) is 17.2 Å². The lowest BCUT2D eigenvalue weighted by Crippen LogP contribution is -1.87. The first kappa shape index (κ1) is 9.93. The van der Waals surface area contributed by atoms with Crippen LogP contribution in [0.1, 0.15) is 29.3 Å². The van der Waals surface area contributed by atoms with Crippen molar-refractivity contribution in [2.75, 3.05) is 0 Å². The van der Waals surface area contributed by atoms with Crippen molar-refractivity contribution in [1.29, 1.82) is 0 Å². The smallest absolute Gasteiger partial charge is 0.125 e. The number of aliphatic hydroxyl groups excluding tert-OH is 1. The molecule has 0 spiro atoms. The lowest BCUT2D eigenvalue weighted by atomic mass is 10.2. The SMILES string of the molecule is OCc1sc(-c2cccnc2)nc1C1CC1. The monoisotopic (exact) mass is 232 g/mol. The van der Waals surface area contributed by atoms with Gasteiger partial charge in [-0.3, -0.25) is 4.98 Å². The molecule has 3 rings (SSSR count). The fourth-order valence-corrected chi connectivity index (χ4v) is 2.76. The maximum atomic E-state index is 9.31. The summed E-state index contributed by atoms with van der Waals surface area (Å²) >= 11 is 1.58. The van der Waals surface area contributed by atoms with E-state index in [0.29, 0.717) is 5.92 Å². The van der Waals surface area contributed by atoms with E-state index in [2.05, 4.69) is 9.97 Å². The summed E-state index contributed by atoms with van der Waals surface area (Å²) in [7, 11) is 0. The first-order chi connectivity index (χ1) is 7.88. The van der Waals surface area contributed by atoms with E-state index in [4.69, 9.17) is 0 Å². The van der Waals surface area contributed by atoms with Crippen molar-refractivity contribution in [3.8, 4) is 10.6 Å². The van der Waals surface area contributed by atoms with Crippen LogP contribution in [-0.2, 0) is 6.61 Å². The molecule has 0 bridgehead atoms. The highest BCUT2D eigenvalue weighted by atomic mass is 32.1. The van der Waals surface area contributed by atoms with Crippen LogP contribution in [0.15, 0.2) is 24.5 Å². The Morgan fingerprint density at radius 2 is 2.31 bits per heavy atom. The Morgan fingerprint density at radius 1 is 1.44 bits per heavy atom. The molecule has 16 heavy (non-hydrogen) atoms. The highest BCUT2D eigenvalue weighted by Gasteiger charge is 2.29. The third-order valence-corrected chi connectivity index (χ3v) is 3.85. The van der Waals surface area contributed by atoms with Gasteiger partial charge >= 0.3 is 0 Å². The van der Waals surface area contributed by atoms with E-state index in [-0.39, 0.29) is 6.61 Å². The summed E-state index contributed by atoms with van der Waals surface area (Å²) in [6, 6.07) is 3.91. The minimum Gasteiger partial charge on any atom is -0.391 e. The molecule has 0 amide bonds. The fourth-order valence-electron chi connectivity index (χ4n) is 1.77. The molecule has 2 heterocycles. The van der Waals surface area contributed by atoms with Crippen LogP contribution in [0.5, 0.6) is 0 Å². The molecule has 0 radical (unpaired) electrons. The number of rotatable bonds is 3. The summed E-state index contributed by atoms with van der Waals surface area (Å²) in [6.45, 7) is 0.101. The molecular weight excluding hydrogens is 220 g/mol. The van der Waals surface area contributed by atoms with Gasteiger partial charge in [0, 0.05) is 23.9 Å². The summed E-state index contributed by atoms with van der Waals surface area (Å²) in [6.07, 6.45) is 5.99. The molecule has 1 fully saturated rings. The molecular formula is C12H12N2OS. The Morgan fingerprint density at radius 3 is 2.94 bits per heavy atom. The zero-order valence-electron chi connectivity index (χ0n) is 8.76. The zero-order valence-corrected chi connectivity index (χ0v) is 9.57. The number of hydrogen-bond acceptors (Lipinski definition) is 4. The molecule has 1 saturated carbocycles. The number of pyridine rings is 1. The second-order valence-electron chi connectivity index (χ2n) is 4.00. The van der Waals surface area contributed by atoms with Gasteiger partial charge in [-0.2, -0.15) is 0 Å². The predicted octanol–water partition coefficient (Wildman–Crippen LogP) is 2.57. The third-order valence-electron chi connectivity index (χ3n) is 2.74. The molecule has 0 aromatic carbocycles. The average molecular weight is 232 g/mol. The van der Waals surface area contributed by atoms with Crippen LogP contribution in [-0.4, -0.2) is 15.1 Å². The second kappa shape index (κ2) is 3.96. The lowest BCUT2D eigenvalue weighted by molar-refractivity contribution is 0.284. The highest BCUT2D eigenvalue weighted by molar-refractivity contribution is 7.15. The third kappa shape index (κ3) is 1.74. The van der Waals surface area contributed by atoms with Gasteiger partial charge in [0.2, 0.25) is 0 Å². The Kier molecular flexibility index (Phi) is 2.46. The molecule has 0 unspecified atom stereocenters. The van der Waals surface area contributed by atoms with Gasteiger partial charge < -0.3 is 5.11 Å². The van der Waals surface area contributed by atoms with E-state index in [9.17, 15) is 5.11 Å². The molecule has 2 aromatic heterocycles. The molecule has 1 aliphatic rings. The number of aromatic nitrogens is 2. The Balaban J connectivity index is 2.02. The van der Waals surface area contributed by atoms with Crippen LogP contribution < -0.4 is 0 Å². The van der Waals surface area contributed by atoms with Crippen molar-refractivity contribution in [1.82, 2.24) is 9.97 Å². The van der Waals surface area contributed by atoms with E-state index in [1.807, 2.05) is 18.3 Å². The predicted molar refractivity (Wildman–Crippen MR) is 63.2 cm³/mol. The second-order valence-corrected chi connectivity index (χ2v) is 5.09. The maximum absolute atomic E-state index is 9.31. The standard InChI is InChI=1S/C12H12N2OS/c15-7-10-11(8-3-4-8)14-12(16-10)9-2-1-5-13-6-9/h1-2,5-6,8,15H,3-4,7H2. The molecule has 82 valence electrons. The first-order valence-electron chi connectivity index (χ1n) is 5.39. The average Bonchev–Trinajstić information content (AvgIpc) is 3.10. The van der Waals surface area contributed by atoms with Crippen LogP contribution in [0.3, 0.4) is 0 Å². The number of nitrogens with zero attached hydrogens (tertiary/aromatic N) is 2. The Bertz CT molecular complexity index is 491. The fraction of sp³-hybridized carbons (Fsp3) is 0.333. The van der Waals surface area contributed by atoms with Gasteiger partial charge in [0.1, 0.15) is 5.01 Å². The van der Waals surface area contributed by atoms with E-state index in [1.54, 1.807) is 17.5 Å². The molecule has 4 heteroatoms. The lowest BCUT2D eigenvalue weighted by Gasteiger charge is -1.93. The van der Waals surface area contributed by atoms with Gasteiger partial charge in [0.25, 0.3) is 0 Å². The minimum absolute atomic E-state index is 0.101. The van der Waals surface area contributed by atoms with Gasteiger partial charge in [-0.1, -0.05) is 0 Å². The van der Waals surface area contributed by atoms with Crippen LogP contribution >= 0.6 is 11.3 Å². The Hall–Kier alpha value is -1.26. The summed E-state index contributed by atoms with van der Waals surface area (Å²) in [4.78, 5) is 9.74. The molecule has 0 atom stereocenters. The van der Waals surface area contributed by atoms with Gasteiger partial charge in [-0.15, -0.1) is 11.3 Å². The van der Waals surface area contributed by atoms with E-state index in [1.165, 1.54) is 12.8 Å². The largest absolute Gasteiger partial charge is 0.391 e. The highest BCUT2D eigenvalue weighted by Crippen LogP contribution is 2.44. The Labute approximate surface area is 97.8 Å². The molecule has 0 saturated heterocycles. The van der Waals surface area contributed by atoms with Crippen LogP contribution in [0.2, 0.25) is 0 Å². The topological polar surface area (TPSA) is 46.0 Å². The van der Waals surface area contributed by atoms with Crippen molar-refractivity contribution in [3.63, 3.8) is 0 Å². The van der Waals surface area contributed by atoms with Crippen LogP contribution in [0.4, 0.5) is 0 Å². The van der Waals surface area contributed by atoms with Gasteiger partial charge in [-0.25, -0.2) is 4.98 Å².